The highest BCUT2D eigenvalue weighted by Crippen LogP contribution is 2.20. The Labute approximate surface area is 123 Å². The first-order valence-electron chi connectivity index (χ1n) is 5.95. The third-order valence-electron chi connectivity index (χ3n) is 2.56. The van der Waals surface area contributed by atoms with Gasteiger partial charge in [-0.3, -0.25) is 4.79 Å². The van der Waals surface area contributed by atoms with Crippen molar-refractivity contribution in [3.63, 3.8) is 0 Å². The van der Waals surface area contributed by atoms with Crippen LogP contribution in [-0.4, -0.2) is 41.5 Å². The Morgan fingerprint density at radius 2 is 1.62 bits per heavy atom. The van der Waals surface area contributed by atoms with Gasteiger partial charge in [0.2, 0.25) is 20.0 Å². The molecule has 118 valence electrons. The minimum atomic E-state index is -4.04. The third kappa shape index (κ3) is 4.77. The molecule has 1 aromatic rings. The molecule has 0 fully saturated rings. The van der Waals surface area contributed by atoms with E-state index in [2.05, 4.69) is 9.44 Å². The summed E-state index contributed by atoms with van der Waals surface area (Å²) in [6.07, 6.45) is -0.0749. The van der Waals surface area contributed by atoms with Gasteiger partial charge in [0.1, 0.15) is 9.79 Å². The van der Waals surface area contributed by atoms with Crippen LogP contribution in [0.2, 0.25) is 0 Å². The lowest BCUT2D eigenvalue weighted by Gasteiger charge is -2.11. The van der Waals surface area contributed by atoms with E-state index in [1.807, 2.05) is 0 Å². The Morgan fingerprint density at radius 1 is 1.10 bits per heavy atom. The number of nitrogens with one attached hydrogen (secondary N) is 2. The maximum Gasteiger partial charge on any atom is 0.303 e. The summed E-state index contributed by atoms with van der Waals surface area (Å²) in [4.78, 5) is 9.61. The van der Waals surface area contributed by atoms with Gasteiger partial charge in [0.05, 0.1) is 0 Å². The van der Waals surface area contributed by atoms with Crippen LogP contribution < -0.4 is 9.44 Å². The van der Waals surface area contributed by atoms with Crippen LogP contribution in [0.4, 0.5) is 0 Å². The molecule has 8 nitrogen and oxygen atoms in total. The topological polar surface area (TPSA) is 130 Å². The van der Waals surface area contributed by atoms with Gasteiger partial charge in [-0.15, -0.1) is 0 Å². The molecule has 0 heterocycles. The Kier molecular flexibility index (Phi) is 5.84. The molecule has 21 heavy (non-hydrogen) atoms. The first kappa shape index (κ1) is 17.6. The SMILES string of the molecule is CNS(=O)(=O)c1ccccc1S(=O)(=O)NCCCC(=O)O. The minimum absolute atomic E-state index is 0.0947. The fourth-order valence-electron chi connectivity index (χ4n) is 1.53. The summed E-state index contributed by atoms with van der Waals surface area (Å²) in [6.45, 7) is -0.0947. The number of carboxylic acids is 1. The molecule has 0 aromatic heterocycles. The highest BCUT2D eigenvalue weighted by atomic mass is 32.2. The van der Waals surface area contributed by atoms with Crippen LogP contribution >= 0.6 is 0 Å². The molecule has 0 aliphatic carbocycles. The molecular weight excluding hydrogens is 320 g/mol. The van der Waals surface area contributed by atoms with E-state index in [1.54, 1.807) is 0 Å². The van der Waals surface area contributed by atoms with Crippen LogP contribution in [-0.2, 0) is 24.8 Å². The lowest BCUT2D eigenvalue weighted by atomic mass is 10.3. The Morgan fingerprint density at radius 3 is 2.10 bits per heavy atom. The van der Waals surface area contributed by atoms with Crippen molar-refractivity contribution in [3.8, 4) is 0 Å². The monoisotopic (exact) mass is 336 g/mol. The second-order valence-corrected chi connectivity index (χ2v) is 7.64. The van der Waals surface area contributed by atoms with E-state index in [4.69, 9.17) is 5.11 Å². The maximum atomic E-state index is 12.1. The van der Waals surface area contributed by atoms with E-state index in [9.17, 15) is 21.6 Å². The standard InChI is InChI=1S/C11H16N2O6S2/c1-12-20(16,17)9-5-2-3-6-10(9)21(18,19)13-8-4-7-11(14)15/h2-3,5-6,12-13H,4,7-8H2,1H3,(H,14,15). The molecule has 0 radical (unpaired) electrons. The summed E-state index contributed by atoms with van der Waals surface area (Å²) in [5.41, 5.74) is 0. The third-order valence-corrected chi connectivity index (χ3v) is 5.68. The average molecular weight is 336 g/mol. The minimum Gasteiger partial charge on any atom is -0.481 e. The Hall–Kier alpha value is -1.49. The van der Waals surface area contributed by atoms with Crippen LogP contribution in [0.15, 0.2) is 34.1 Å². The van der Waals surface area contributed by atoms with Crippen molar-refractivity contribution in [2.75, 3.05) is 13.6 Å². The zero-order valence-electron chi connectivity index (χ0n) is 11.2. The molecule has 0 saturated heterocycles. The molecule has 0 amide bonds. The summed E-state index contributed by atoms with van der Waals surface area (Å²) in [5, 5.41) is 8.48. The van der Waals surface area contributed by atoms with E-state index in [-0.39, 0.29) is 29.2 Å². The van der Waals surface area contributed by atoms with Gasteiger partial charge in [-0.05, 0) is 25.6 Å². The lowest BCUT2D eigenvalue weighted by molar-refractivity contribution is -0.137. The second kappa shape index (κ2) is 6.98. The normalized spacial score (nSPS) is 12.2. The molecule has 0 bridgehead atoms. The van der Waals surface area contributed by atoms with Crippen molar-refractivity contribution in [3.05, 3.63) is 24.3 Å². The number of aliphatic carboxylic acids is 1. The van der Waals surface area contributed by atoms with Gasteiger partial charge in [0.15, 0.2) is 0 Å². The Bertz CT molecular complexity index is 712. The van der Waals surface area contributed by atoms with Gasteiger partial charge in [-0.2, -0.15) is 0 Å². The van der Waals surface area contributed by atoms with Crippen molar-refractivity contribution >= 4 is 26.0 Å². The molecule has 0 unspecified atom stereocenters. The summed E-state index contributed by atoms with van der Waals surface area (Å²) in [7, 11) is -6.78. The predicted molar refractivity (Wildman–Crippen MR) is 74.7 cm³/mol. The summed E-state index contributed by atoms with van der Waals surface area (Å²) in [5.74, 6) is -1.03. The molecule has 1 aromatic carbocycles. The molecule has 0 saturated carbocycles. The van der Waals surface area contributed by atoms with Crippen molar-refractivity contribution in [2.24, 2.45) is 0 Å². The molecule has 0 aliphatic heterocycles. The molecule has 3 N–H and O–H groups in total. The quantitative estimate of drug-likeness (QED) is 0.561. The number of carbonyl (C=O) groups is 1. The molecule has 1 rings (SSSR count). The number of benzene rings is 1. The average Bonchev–Trinajstić information content (AvgIpc) is 2.43. The highest BCUT2D eigenvalue weighted by Gasteiger charge is 2.24. The molecule has 0 atom stereocenters. The maximum absolute atomic E-state index is 12.1. The fraction of sp³-hybridized carbons (Fsp3) is 0.364. The van der Waals surface area contributed by atoms with Crippen LogP contribution in [0.25, 0.3) is 0 Å². The van der Waals surface area contributed by atoms with E-state index in [0.29, 0.717) is 0 Å². The second-order valence-electron chi connectivity index (χ2n) is 4.05. The summed E-state index contributed by atoms with van der Waals surface area (Å²) in [6, 6.07) is 5.16. The number of sulfonamides is 2. The van der Waals surface area contributed by atoms with Gasteiger partial charge in [0.25, 0.3) is 0 Å². The first-order chi connectivity index (χ1) is 9.70. The lowest BCUT2D eigenvalue weighted by Crippen LogP contribution is -2.28. The van der Waals surface area contributed by atoms with Crippen molar-refractivity contribution in [2.45, 2.75) is 22.6 Å². The van der Waals surface area contributed by atoms with Gasteiger partial charge in [-0.1, -0.05) is 12.1 Å². The van der Waals surface area contributed by atoms with E-state index in [1.165, 1.54) is 31.3 Å². The number of hydrogen-bond donors (Lipinski definition) is 3. The zero-order chi connectivity index (χ0) is 16.1. The van der Waals surface area contributed by atoms with Crippen LogP contribution in [0, 0.1) is 0 Å². The van der Waals surface area contributed by atoms with Crippen LogP contribution in [0.5, 0.6) is 0 Å². The zero-order valence-corrected chi connectivity index (χ0v) is 12.9. The predicted octanol–water partition coefficient (Wildman–Crippen LogP) is -0.262. The van der Waals surface area contributed by atoms with Crippen molar-refractivity contribution in [1.29, 1.82) is 0 Å². The number of hydrogen-bond acceptors (Lipinski definition) is 5. The van der Waals surface area contributed by atoms with Gasteiger partial charge < -0.3 is 5.11 Å². The molecular formula is C11H16N2O6S2. The highest BCUT2D eigenvalue weighted by molar-refractivity contribution is 7.92. The van der Waals surface area contributed by atoms with Gasteiger partial charge in [-0.25, -0.2) is 26.3 Å². The molecule has 0 spiro atoms. The fourth-order valence-corrected chi connectivity index (χ4v) is 4.16. The van der Waals surface area contributed by atoms with Crippen LogP contribution in [0.1, 0.15) is 12.8 Å². The van der Waals surface area contributed by atoms with E-state index < -0.39 is 26.0 Å². The van der Waals surface area contributed by atoms with Crippen molar-refractivity contribution in [1.82, 2.24) is 9.44 Å². The van der Waals surface area contributed by atoms with Gasteiger partial charge >= 0.3 is 5.97 Å². The van der Waals surface area contributed by atoms with Crippen molar-refractivity contribution < 1.29 is 26.7 Å². The Balaban J connectivity index is 3.02. The largest absolute Gasteiger partial charge is 0.481 e. The number of carboxylic acid groups (broad SMARTS) is 1. The summed E-state index contributed by atoms with van der Waals surface area (Å²) < 4.78 is 52.1. The van der Waals surface area contributed by atoms with Crippen LogP contribution in [0.3, 0.4) is 0 Å². The van der Waals surface area contributed by atoms with E-state index in [0.717, 1.165) is 0 Å². The number of rotatable bonds is 8. The smallest absolute Gasteiger partial charge is 0.303 e. The van der Waals surface area contributed by atoms with Gasteiger partial charge in [0, 0.05) is 13.0 Å². The first-order valence-corrected chi connectivity index (χ1v) is 8.91. The molecule has 0 aliphatic rings. The summed E-state index contributed by atoms with van der Waals surface area (Å²) >= 11 is 0. The molecule has 10 heteroatoms. The van der Waals surface area contributed by atoms with E-state index >= 15 is 0 Å².